The van der Waals surface area contributed by atoms with Crippen LogP contribution >= 0.6 is 11.6 Å². The van der Waals surface area contributed by atoms with Crippen LogP contribution in [0.5, 0.6) is 5.75 Å². The van der Waals surface area contributed by atoms with Gasteiger partial charge in [0, 0.05) is 17.1 Å². The van der Waals surface area contributed by atoms with Crippen molar-refractivity contribution in [3.05, 3.63) is 88.4 Å². The number of hydrogen-bond donors (Lipinski definition) is 3. The summed E-state index contributed by atoms with van der Waals surface area (Å²) in [6.07, 6.45) is 0.0968. The van der Waals surface area contributed by atoms with Crippen LogP contribution in [0.2, 0.25) is 5.02 Å². The predicted octanol–water partition coefficient (Wildman–Crippen LogP) is 8.17. The van der Waals surface area contributed by atoms with Gasteiger partial charge < -0.3 is 19.5 Å². The lowest BCUT2D eigenvalue weighted by molar-refractivity contribution is -0.191. The molecule has 0 fully saturated rings. The van der Waals surface area contributed by atoms with Gasteiger partial charge in [0.15, 0.2) is 0 Å². The molecule has 13 nitrogen and oxygen atoms in total. The molecule has 0 saturated carbocycles. The number of ether oxygens (including phenoxy) is 3. The third-order valence-corrected chi connectivity index (χ3v) is 6.74. The highest BCUT2D eigenvalue weighted by Gasteiger charge is 2.22. The molecule has 0 atom stereocenters. The summed E-state index contributed by atoms with van der Waals surface area (Å²) in [4.78, 5) is 70.8. The minimum atomic E-state index is -0.835. The van der Waals surface area contributed by atoms with Gasteiger partial charge in [-0.15, -0.1) is 0 Å². The highest BCUT2D eigenvalue weighted by molar-refractivity contribution is 6.31. The number of aliphatic imine (C=N–C) groups is 1. The Balaban J connectivity index is 0.00000313. The standard InChI is InChI=1S/C38H47ClN4O7.CO2/c1-36(2,3)23-24-11-10-12-28(21-24)40-31(44)20-16-25-15-19-29(22-30(25)39)48-32(45)26-13-17-27(18-14-26)41-33(42-34(46)49-37(4,5)6)43-35(47)50-38(7,8)9;2-1-3/h10-15,17-19,21-22H,16,20,23H2,1-9H3,(H,40,44)(H2,41,42,43,46,47);. The number of benzene rings is 3. The van der Waals surface area contributed by atoms with E-state index in [1.54, 1.807) is 53.7 Å². The number of anilines is 1. The number of carbonyl (C=O) groups excluding carboxylic acids is 6. The fraction of sp³-hybridized carbons (Fsp3) is 0.385. The van der Waals surface area contributed by atoms with E-state index in [0.29, 0.717) is 17.1 Å². The summed E-state index contributed by atoms with van der Waals surface area (Å²) in [5, 5.41) is 8.12. The molecule has 0 aliphatic heterocycles. The van der Waals surface area contributed by atoms with Crippen molar-refractivity contribution in [2.75, 3.05) is 5.32 Å². The zero-order valence-electron chi connectivity index (χ0n) is 31.5. The van der Waals surface area contributed by atoms with Crippen molar-refractivity contribution in [2.24, 2.45) is 10.4 Å². The second-order valence-corrected chi connectivity index (χ2v) is 15.4. The van der Waals surface area contributed by atoms with Gasteiger partial charge in [-0.1, -0.05) is 50.6 Å². The van der Waals surface area contributed by atoms with Crippen molar-refractivity contribution in [3.63, 3.8) is 0 Å². The second-order valence-electron chi connectivity index (χ2n) is 15.0. The first-order chi connectivity index (χ1) is 24.6. The lowest BCUT2D eigenvalue weighted by Crippen LogP contribution is -2.47. The molecule has 0 bridgehead atoms. The molecular weight excluding hydrogens is 704 g/mol. The maximum atomic E-state index is 12.9. The molecule has 0 spiro atoms. The Hall–Kier alpha value is -5.52. The van der Waals surface area contributed by atoms with Gasteiger partial charge in [0.1, 0.15) is 17.0 Å². The summed E-state index contributed by atoms with van der Waals surface area (Å²) in [6.45, 7) is 16.7. The van der Waals surface area contributed by atoms with E-state index < -0.39 is 29.4 Å². The average Bonchev–Trinajstić information content (AvgIpc) is 2.98. The molecule has 14 heteroatoms. The first kappa shape index (κ1) is 43.6. The first-order valence-electron chi connectivity index (χ1n) is 16.6. The van der Waals surface area contributed by atoms with Crippen LogP contribution in [0, 0.1) is 5.41 Å². The number of carbonyl (C=O) groups is 4. The summed E-state index contributed by atoms with van der Waals surface area (Å²) in [5.41, 5.74) is 1.72. The van der Waals surface area contributed by atoms with Crippen LogP contribution in [-0.2, 0) is 36.7 Å². The van der Waals surface area contributed by atoms with Crippen molar-refractivity contribution in [2.45, 2.75) is 92.8 Å². The number of esters is 1. The zero-order chi connectivity index (χ0) is 40.0. The summed E-state index contributed by atoms with van der Waals surface area (Å²) >= 11 is 6.48. The van der Waals surface area contributed by atoms with Crippen LogP contribution in [0.1, 0.15) is 90.2 Å². The second kappa shape index (κ2) is 19.4. The van der Waals surface area contributed by atoms with Crippen LogP contribution in [-0.4, -0.2) is 47.4 Å². The molecule has 0 aliphatic rings. The molecule has 0 unspecified atom stereocenters. The molecule has 3 amide bonds. The number of hydrogen-bond acceptors (Lipinski definition) is 10. The minimum absolute atomic E-state index is 0.134. The minimum Gasteiger partial charge on any atom is -0.444 e. The Kier molecular flexibility index (Phi) is 15.9. The van der Waals surface area contributed by atoms with E-state index in [1.807, 2.05) is 18.2 Å². The molecule has 53 heavy (non-hydrogen) atoms. The molecule has 3 N–H and O–H groups in total. The monoisotopic (exact) mass is 750 g/mol. The largest absolute Gasteiger partial charge is 0.444 e. The number of rotatable bonds is 8. The highest BCUT2D eigenvalue weighted by atomic mass is 35.5. The average molecular weight is 751 g/mol. The maximum Gasteiger partial charge on any atom is 0.414 e. The third-order valence-electron chi connectivity index (χ3n) is 6.38. The quantitative estimate of drug-likeness (QED) is 0.0886. The van der Waals surface area contributed by atoms with Crippen LogP contribution in [0.25, 0.3) is 0 Å². The predicted molar refractivity (Wildman–Crippen MR) is 200 cm³/mol. The number of nitrogens with zero attached hydrogens (tertiary/aromatic N) is 1. The Morgan fingerprint density at radius 3 is 1.85 bits per heavy atom. The van der Waals surface area contributed by atoms with Crippen molar-refractivity contribution in [1.29, 1.82) is 0 Å². The van der Waals surface area contributed by atoms with Gasteiger partial charge in [-0.2, -0.15) is 9.59 Å². The van der Waals surface area contributed by atoms with Gasteiger partial charge in [0.25, 0.3) is 0 Å². The van der Waals surface area contributed by atoms with Gasteiger partial charge in [0.2, 0.25) is 11.9 Å². The topological polar surface area (TPSA) is 179 Å². The van der Waals surface area contributed by atoms with E-state index in [4.69, 9.17) is 35.4 Å². The van der Waals surface area contributed by atoms with Gasteiger partial charge in [-0.3, -0.25) is 15.4 Å². The van der Waals surface area contributed by atoms with Crippen LogP contribution in [0.4, 0.5) is 21.0 Å². The van der Waals surface area contributed by atoms with Gasteiger partial charge in [-0.25, -0.2) is 19.4 Å². The maximum absolute atomic E-state index is 12.9. The molecule has 0 radical (unpaired) electrons. The Labute approximate surface area is 314 Å². The SMILES string of the molecule is CC(C)(C)Cc1cccc(NC(=O)CCc2ccc(OC(=O)c3ccc(N=C(NC(=O)OC(C)(C)C)NC(=O)OC(C)(C)C)cc3)cc2Cl)c1.O=C=O. The van der Waals surface area contributed by atoms with E-state index in [-0.39, 0.29) is 41.2 Å². The van der Waals surface area contributed by atoms with Crippen molar-refractivity contribution in [1.82, 2.24) is 10.6 Å². The van der Waals surface area contributed by atoms with E-state index in [2.05, 4.69) is 47.8 Å². The lowest BCUT2D eigenvalue weighted by atomic mass is 9.88. The molecule has 0 saturated heterocycles. The van der Waals surface area contributed by atoms with Gasteiger partial charge >= 0.3 is 24.3 Å². The number of alkyl carbamates (subject to hydrolysis) is 2. The Morgan fingerprint density at radius 1 is 0.774 bits per heavy atom. The molecule has 3 aromatic rings. The number of halogens is 1. The first-order valence-corrected chi connectivity index (χ1v) is 17.0. The van der Waals surface area contributed by atoms with Crippen molar-refractivity contribution >= 4 is 59.1 Å². The van der Waals surface area contributed by atoms with Crippen molar-refractivity contribution < 1.29 is 43.0 Å². The van der Waals surface area contributed by atoms with Crippen LogP contribution in [0.3, 0.4) is 0 Å². The summed E-state index contributed by atoms with van der Waals surface area (Å²) in [5.74, 6) is -0.778. The number of aryl methyl sites for hydroxylation is 1. The zero-order valence-corrected chi connectivity index (χ0v) is 32.2. The Morgan fingerprint density at radius 2 is 1.34 bits per heavy atom. The fourth-order valence-corrected chi connectivity index (χ4v) is 4.76. The van der Waals surface area contributed by atoms with E-state index in [0.717, 1.165) is 23.2 Å². The molecule has 0 heterocycles. The van der Waals surface area contributed by atoms with E-state index >= 15 is 0 Å². The molecule has 0 aliphatic carbocycles. The fourth-order valence-electron chi connectivity index (χ4n) is 4.49. The normalized spacial score (nSPS) is 11.1. The molecule has 3 rings (SSSR count). The summed E-state index contributed by atoms with van der Waals surface area (Å²) in [7, 11) is 0. The molecule has 284 valence electrons. The molecular formula is C39H47ClN4O9. The number of guanidine groups is 1. The van der Waals surface area contributed by atoms with Gasteiger partial charge in [-0.05, 0) is 119 Å². The van der Waals surface area contributed by atoms with Crippen LogP contribution in [0.15, 0.2) is 71.7 Å². The highest BCUT2D eigenvalue weighted by Crippen LogP contribution is 2.26. The van der Waals surface area contributed by atoms with E-state index in [1.165, 1.54) is 30.3 Å². The van der Waals surface area contributed by atoms with Crippen LogP contribution < -0.4 is 20.7 Å². The van der Waals surface area contributed by atoms with Crippen molar-refractivity contribution in [3.8, 4) is 5.75 Å². The van der Waals surface area contributed by atoms with Gasteiger partial charge in [0.05, 0.1) is 11.3 Å². The number of nitrogens with one attached hydrogen (secondary N) is 3. The molecule has 3 aromatic carbocycles. The van der Waals surface area contributed by atoms with E-state index in [9.17, 15) is 19.2 Å². The smallest absolute Gasteiger partial charge is 0.414 e. The third kappa shape index (κ3) is 18.0. The summed E-state index contributed by atoms with van der Waals surface area (Å²) in [6, 6.07) is 18.7. The Bertz CT molecular complexity index is 1780. The number of amides is 3. The summed E-state index contributed by atoms with van der Waals surface area (Å²) < 4.78 is 16.0. The molecule has 0 aromatic heterocycles. The lowest BCUT2D eigenvalue weighted by Gasteiger charge is -2.22.